The van der Waals surface area contributed by atoms with Crippen LogP contribution in [0.3, 0.4) is 0 Å². The van der Waals surface area contributed by atoms with Gasteiger partial charge in [0.05, 0.1) is 17.9 Å². The highest BCUT2D eigenvalue weighted by Crippen LogP contribution is 2.37. The van der Waals surface area contributed by atoms with Gasteiger partial charge >= 0.3 is 5.97 Å². The number of carbonyl (C=O) groups is 2. The van der Waals surface area contributed by atoms with E-state index in [-0.39, 0.29) is 18.4 Å². The molecule has 0 aliphatic carbocycles. The first kappa shape index (κ1) is 18.5. The van der Waals surface area contributed by atoms with Crippen molar-refractivity contribution in [1.82, 2.24) is 4.90 Å². The Morgan fingerprint density at radius 2 is 1.89 bits per heavy atom. The van der Waals surface area contributed by atoms with Crippen LogP contribution in [0.25, 0.3) is 10.1 Å². The predicted molar refractivity (Wildman–Crippen MR) is 109 cm³/mol. The van der Waals surface area contributed by atoms with E-state index in [2.05, 4.69) is 0 Å². The molecule has 6 heteroatoms. The maximum Gasteiger partial charge on any atom is 0.308 e. The summed E-state index contributed by atoms with van der Waals surface area (Å²) in [7, 11) is 1.62. The first-order valence-electron chi connectivity index (χ1n) is 9.13. The summed E-state index contributed by atoms with van der Waals surface area (Å²) in [6.07, 6.45) is 0. The minimum Gasteiger partial charge on any atom is -0.497 e. The van der Waals surface area contributed by atoms with E-state index < -0.39 is 11.9 Å². The molecule has 0 bridgehead atoms. The zero-order valence-electron chi connectivity index (χ0n) is 15.7. The second-order valence-electron chi connectivity index (χ2n) is 7.09. The van der Waals surface area contributed by atoms with E-state index in [0.29, 0.717) is 11.4 Å². The Bertz CT molecular complexity index is 1040. The lowest BCUT2D eigenvalue weighted by atomic mass is 9.89. The lowest BCUT2D eigenvalue weighted by Crippen LogP contribution is -2.29. The second kappa shape index (κ2) is 7.28. The van der Waals surface area contributed by atoms with Crippen molar-refractivity contribution in [2.75, 3.05) is 20.2 Å². The highest BCUT2D eigenvalue weighted by Gasteiger charge is 2.41. The van der Waals surface area contributed by atoms with E-state index >= 15 is 0 Å². The fourth-order valence-corrected chi connectivity index (χ4v) is 5.09. The zero-order chi connectivity index (χ0) is 19.8. The van der Waals surface area contributed by atoms with Gasteiger partial charge in [0.15, 0.2) is 0 Å². The van der Waals surface area contributed by atoms with Gasteiger partial charge in [-0.1, -0.05) is 30.3 Å². The van der Waals surface area contributed by atoms with Crippen molar-refractivity contribution in [3.63, 3.8) is 0 Å². The lowest BCUT2D eigenvalue weighted by molar-refractivity contribution is -0.141. The maximum atomic E-state index is 13.2. The fraction of sp³-hybridized carbons (Fsp3) is 0.273. The molecule has 28 heavy (non-hydrogen) atoms. The number of benzene rings is 2. The molecule has 2 aromatic carbocycles. The van der Waals surface area contributed by atoms with Crippen molar-refractivity contribution in [2.24, 2.45) is 5.92 Å². The number of carboxylic acid groups (broad SMARTS) is 1. The third-order valence-corrected chi connectivity index (χ3v) is 6.75. The van der Waals surface area contributed by atoms with Crippen LogP contribution < -0.4 is 4.74 Å². The lowest BCUT2D eigenvalue weighted by Gasteiger charge is -2.16. The van der Waals surface area contributed by atoms with Gasteiger partial charge in [-0.3, -0.25) is 9.59 Å². The molecule has 1 saturated heterocycles. The molecule has 3 aromatic rings. The summed E-state index contributed by atoms with van der Waals surface area (Å²) in [5.74, 6) is -0.994. The SMILES string of the molecule is COc1ccc2sc(C(=O)N3C[C@@H](C(=O)O)[C@H](c4ccccc4)C3)c(C)c2c1. The third kappa shape index (κ3) is 3.14. The number of nitrogens with zero attached hydrogens (tertiary/aromatic N) is 1. The number of thiophene rings is 1. The standard InChI is InChI=1S/C22H21NO4S/c1-13-16-10-15(27-2)8-9-19(16)28-20(13)21(24)23-11-17(18(12-23)22(25)26)14-6-4-3-5-7-14/h3-10,17-18H,11-12H2,1-2H3,(H,25,26)/t17-,18+/m0/s1. The first-order chi connectivity index (χ1) is 13.5. The average Bonchev–Trinajstić information content (AvgIpc) is 3.30. The molecule has 144 valence electrons. The Labute approximate surface area is 167 Å². The number of fused-ring (bicyclic) bond motifs is 1. The molecule has 1 fully saturated rings. The van der Waals surface area contributed by atoms with Crippen LogP contribution in [0.1, 0.15) is 26.7 Å². The Balaban J connectivity index is 1.66. The van der Waals surface area contributed by atoms with Crippen molar-refractivity contribution >= 4 is 33.3 Å². The van der Waals surface area contributed by atoms with Crippen LogP contribution in [0.5, 0.6) is 5.75 Å². The minimum absolute atomic E-state index is 0.0950. The number of hydrogen-bond donors (Lipinski definition) is 1. The van der Waals surface area contributed by atoms with Crippen LogP contribution in [0.15, 0.2) is 48.5 Å². The molecule has 2 atom stereocenters. The molecule has 1 aliphatic rings. The number of aliphatic carboxylic acids is 1. The summed E-state index contributed by atoms with van der Waals surface area (Å²) >= 11 is 1.45. The molecule has 1 aromatic heterocycles. The van der Waals surface area contributed by atoms with Crippen LogP contribution >= 0.6 is 11.3 Å². The second-order valence-corrected chi connectivity index (χ2v) is 8.14. The quantitative estimate of drug-likeness (QED) is 0.720. The smallest absolute Gasteiger partial charge is 0.308 e. The van der Waals surface area contributed by atoms with Gasteiger partial charge < -0.3 is 14.7 Å². The zero-order valence-corrected chi connectivity index (χ0v) is 16.5. The van der Waals surface area contributed by atoms with Crippen LogP contribution in [0.4, 0.5) is 0 Å². The highest BCUT2D eigenvalue weighted by atomic mass is 32.1. The summed E-state index contributed by atoms with van der Waals surface area (Å²) in [6, 6.07) is 15.4. The van der Waals surface area contributed by atoms with Gasteiger partial charge in [0, 0.05) is 23.7 Å². The number of methoxy groups -OCH3 is 1. The molecular formula is C22H21NO4S. The fourth-order valence-electron chi connectivity index (χ4n) is 3.93. The third-order valence-electron chi connectivity index (χ3n) is 5.49. The monoisotopic (exact) mass is 395 g/mol. The van der Waals surface area contributed by atoms with Gasteiger partial charge in [-0.05, 0) is 41.6 Å². The number of aryl methyl sites for hydroxylation is 1. The summed E-state index contributed by atoms with van der Waals surface area (Å²) in [5, 5.41) is 10.7. The molecular weight excluding hydrogens is 374 g/mol. The van der Waals surface area contributed by atoms with Gasteiger partial charge in [-0.15, -0.1) is 11.3 Å². The Morgan fingerprint density at radius 1 is 1.14 bits per heavy atom. The Kier molecular flexibility index (Phi) is 4.81. The van der Waals surface area contributed by atoms with Crippen LogP contribution in [0.2, 0.25) is 0 Å². The number of carbonyl (C=O) groups excluding carboxylic acids is 1. The van der Waals surface area contributed by atoms with E-state index in [0.717, 1.165) is 27.0 Å². The van der Waals surface area contributed by atoms with Gasteiger partial charge in [0.1, 0.15) is 5.75 Å². The number of carboxylic acids is 1. The van der Waals surface area contributed by atoms with Crippen molar-refractivity contribution < 1.29 is 19.4 Å². The summed E-state index contributed by atoms with van der Waals surface area (Å²) in [6.45, 7) is 2.58. The largest absolute Gasteiger partial charge is 0.497 e. The highest BCUT2D eigenvalue weighted by molar-refractivity contribution is 7.21. The number of amides is 1. The summed E-state index contributed by atoms with van der Waals surface area (Å²) in [5.41, 5.74) is 1.88. The first-order valence-corrected chi connectivity index (χ1v) is 9.95. The Morgan fingerprint density at radius 3 is 2.57 bits per heavy atom. The molecule has 0 saturated carbocycles. The molecule has 0 radical (unpaired) electrons. The topological polar surface area (TPSA) is 66.8 Å². The Hall–Kier alpha value is -2.86. The maximum absolute atomic E-state index is 13.2. The summed E-state index contributed by atoms with van der Waals surface area (Å²) in [4.78, 5) is 27.4. The van der Waals surface area contributed by atoms with Crippen molar-refractivity contribution in [1.29, 1.82) is 0 Å². The van der Waals surface area contributed by atoms with E-state index in [9.17, 15) is 14.7 Å². The van der Waals surface area contributed by atoms with Gasteiger partial charge in [0.2, 0.25) is 0 Å². The van der Waals surface area contributed by atoms with Crippen molar-refractivity contribution in [2.45, 2.75) is 12.8 Å². The molecule has 1 N–H and O–H groups in total. The average molecular weight is 395 g/mol. The van der Waals surface area contributed by atoms with Gasteiger partial charge in [-0.25, -0.2) is 0 Å². The molecule has 5 nitrogen and oxygen atoms in total. The molecule has 2 heterocycles. The van der Waals surface area contributed by atoms with Crippen LogP contribution in [-0.2, 0) is 4.79 Å². The van der Waals surface area contributed by atoms with E-state index in [1.54, 1.807) is 12.0 Å². The molecule has 1 aliphatic heterocycles. The molecule has 0 spiro atoms. The summed E-state index contributed by atoms with van der Waals surface area (Å²) < 4.78 is 6.32. The number of rotatable bonds is 4. The van der Waals surface area contributed by atoms with Crippen LogP contribution in [-0.4, -0.2) is 42.1 Å². The molecule has 1 amide bonds. The van der Waals surface area contributed by atoms with E-state index in [1.165, 1.54) is 11.3 Å². The number of hydrogen-bond acceptors (Lipinski definition) is 4. The number of ether oxygens (including phenoxy) is 1. The molecule has 4 rings (SSSR count). The van der Waals surface area contributed by atoms with Gasteiger partial charge in [-0.2, -0.15) is 0 Å². The van der Waals surface area contributed by atoms with Crippen molar-refractivity contribution in [3.8, 4) is 5.75 Å². The van der Waals surface area contributed by atoms with E-state index in [4.69, 9.17) is 4.74 Å². The van der Waals surface area contributed by atoms with Crippen LogP contribution in [0, 0.1) is 12.8 Å². The predicted octanol–water partition coefficient (Wildman–Crippen LogP) is 4.16. The minimum atomic E-state index is -0.859. The van der Waals surface area contributed by atoms with E-state index in [1.807, 2.05) is 55.5 Å². The number of likely N-dealkylation sites (tertiary alicyclic amines) is 1. The molecule has 0 unspecified atom stereocenters. The normalized spacial score (nSPS) is 19.1. The van der Waals surface area contributed by atoms with Crippen molar-refractivity contribution in [3.05, 3.63) is 64.5 Å². The van der Waals surface area contributed by atoms with Gasteiger partial charge in [0.25, 0.3) is 5.91 Å².